The van der Waals surface area contributed by atoms with Gasteiger partial charge in [0, 0.05) is 0 Å². The number of hydrogen-bond acceptors (Lipinski definition) is 6. The summed E-state index contributed by atoms with van der Waals surface area (Å²) in [6.45, 7) is 0. The zero-order valence-electron chi connectivity index (χ0n) is 12.7. The Labute approximate surface area is 139 Å². The maximum atomic E-state index is 12.6. The summed E-state index contributed by atoms with van der Waals surface area (Å²) >= 11 is 0. The number of phenols is 1. The van der Waals surface area contributed by atoms with E-state index in [1.54, 1.807) is 0 Å². The number of phenolic OH excluding ortho intramolecular Hbond substituents is 1. The number of nitro groups is 1. The lowest BCUT2D eigenvalue weighted by molar-refractivity contribution is -0.385. The average molecular weight is 355 g/mol. The van der Waals surface area contributed by atoms with Crippen LogP contribution in [0, 0.1) is 10.1 Å². The average Bonchev–Trinajstić information content (AvgIpc) is 2.54. The number of anilines is 1. The van der Waals surface area contributed by atoms with Gasteiger partial charge in [-0.05, 0) is 24.3 Å². The highest BCUT2D eigenvalue weighted by atomic mass is 19.4. The first-order valence-electron chi connectivity index (χ1n) is 6.74. The largest absolute Gasteiger partial charge is 0.504 e. The molecule has 0 aliphatic heterocycles. The lowest BCUT2D eigenvalue weighted by Gasteiger charge is -2.08. The maximum absolute atomic E-state index is 12.6. The fraction of sp³-hybridized carbons (Fsp3) is 0.133. The Hall–Kier alpha value is -3.30. The van der Waals surface area contributed by atoms with Gasteiger partial charge in [0.05, 0.1) is 41.1 Å². The molecule has 2 aromatic rings. The fourth-order valence-electron chi connectivity index (χ4n) is 1.94. The Kier molecular flexibility index (Phi) is 5.11. The van der Waals surface area contributed by atoms with Crippen LogP contribution >= 0.6 is 0 Å². The van der Waals surface area contributed by atoms with Gasteiger partial charge in [-0.2, -0.15) is 18.3 Å². The van der Waals surface area contributed by atoms with Gasteiger partial charge in [-0.1, -0.05) is 6.07 Å². The van der Waals surface area contributed by atoms with Crippen LogP contribution in [0.2, 0.25) is 0 Å². The van der Waals surface area contributed by atoms with E-state index in [1.165, 1.54) is 19.2 Å². The summed E-state index contributed by atoms with van der Waals surface area (Å²) in [6, 6.07) is 6.38. The highest BCUT2D eigenvalue weighted by molar-refractivity contribution is 5.87. The molecule has 0 aromatic heterocycles. The van der Waals surface area contributed by atoms with E-state index in [2.05, 4.69) is 10.5 Å². The number of alkyl halides is 3. The summed E-state index contributed by atoms with van der Waals surface area (Å²) in [5.41, 5.74) is 1.10. The van der Waals surface area contributed by atoms with Crippen molar-refractivity contribution in [1.29, 1.82) is 0 Å². The van der Waals surface area contributed by atoms with E-state index in [9.17, 15) is 28.4 Å². The molecule has 0 saturated heterocycles. The molecule has 0 aliphatic carbocycles. The maximum Gasteiger partial charge on any atom is 0.416 e. The molecule has 0 atom stereocenters. The van der Waals surface area contributed by atoms with E-state index in [0.717, 1.165) is 30.5 Å². The number of hydrogen-bond donors (Lipinski definition) is 2. The summed E-state index contributed by atoms with van der Waals surface area (Å²) in [6.07, 6.45) is -3.49. The summed E-state index contributed by atoms with van der Waals surface area (Å²) in [5, 5.41) is 24.4. The molecule has 0 fully saturated rings. The van der Waals surface area contributed by atoms with Gasteiger partial charge in [-0.15, -0.1) is 0 Å². The van der Waals surface area contributed by atoms with Crippen molar-refractivity contribution in [2.45, 2.75) is 6.18 Å². The van der Waals surface area contributed by atoms with E-state index in [-0.39, 0.29) is 28.4 Å². The zero-order valence-corrected chi connectivity index (χ0v) is 12.7. The zero-order chi connectivity index (χ0) is 18.6. The lowest BCUT2D eigenvalue weighted by atomic mass is 10.1. The molecule has 0 radical (unpaired) electrons. The van der Waals surface area contributed by atoms with Crippen LogP contribution in [0.25, 0.3) is 0 Å². The van der Waals surface area contributed by atoms with Gasteiger partial charge in [-0.3, -0.25) is 15.5 Å². The number of halogens is 3. The third-order valence-electron chi connectivity index (χ3n) is 3.11. The molecule has 0 saturated carbocycles. The molecule has 7 nitrogen and oxygen atoms in total. The molecular weight excluding hydrogens is 343 g/mol. The number of nitrogens with zero attached hydrogens (tertiary/aromatic N) is 2. The van der Waals surface area contributed by atoms with E-state index in [0.29, 0.717) is 0 Å². The van der Waals surface area contributed by atoms with Crippen molar-refractivity contribution in [1.82, 2.24) is 0 Å². The van der Waals surface area contributed by atoms with Gasteiger partial charge >= 0.3 is 6.18 Å². The number of hydrazone groups is 1. The smallest absolute Gasteiger partial charge is 0.416 e. The molecule has 2 aromatic carbocycles. The van der Waals surface area contributed by atoms with Crippen LogP contribution < -0.4 is 10.2 Å². The molecule has 2 rings (SSSR count). The van der Waals surface area contributed by atoms with Crippen LogP contribution in [0.4, 0.5) is 24.5 Å². The highest BCUT2D eigenvalue weighted by Gasteiger charge is 2.30. The first-order valence-corrected chi connectivity index (χ1v) is 6.74. The monoisotopic (exact) mass is 355 g/mol. The minimum atomic E-state index is -4.50. The van der Waals surface area contributed by atoms with Gasteiger partial charge in [0.2, 0.25) is 0 Å². The van der Waals surface area contributed by atoms with Crippen LogP contribution in [0.15, 0.2) is 41.5 Å². The van der Waals surface area contributed by atoms with Gasteiger partial charge in [0.15, 0.2) is 11.5 Å². The third-order valence-corrected chi connectivity index (χ3v) is 3.11. The normalized spacial score (nSPS) is 11.5. The molecular formula is C15H12F3N3O4. The minimum Gasteiger partial charge on any atom is -0.504 e. The second-order valence-electron chi connectivity index (χ2n) is 4.79. The molecule has 25 heavy (non-hydrogen) atoms. The molecule has 132 valence electrons. The summed E-state index contributed by atoms with van der Waals surface area (Å²) in [7, 11) is 1.24. The first-order chi connectivity index (χ1) is 11.7. The SMILES string of the molecule is COc1cc([N+](=O)[O-])c(C=NNc2cccc(C(F)(F)F)c2)cc1O. The third kappa shape index (κ3) is 4.37. The van der Waals surface area contributed by atoms with E-state index in [1.807, 2.05) is 0 Å². The van der Waals surface area contributed by atoms with Gasteiger partial charge < -0.3 is 9.84 Å². The Morgan fingerprint density at radius 2 is 2.04 bits per heavy atom. The Bertz CT molecular complexity index is 822. The number of benzene rings is 2. The van der Waals surface area contributed by atoms with Crippen LogP contribution in [-0.2, 0) is 6.18 Å². The molecule has 0 unspecified atom stereocenters. The first kappa shape index (κ1) is 18.0. The van der Waals surface area contributed by atoms with Crippen molar-refractivity contribution >= 4 is 17.6 Å². The predicted molar refractivity (Wildman–Crippen MR) is 84.0 cm³/mol. The molecule has 0 heterocycles. The molecule has 0 aliphatic rings. The van der Waals surface area contributed by atoms with Crippen molar-refractivity contribution in [3.63, 3.8) is 0 Å². The Morgan fingerprint density at radius 3 is 2.64 bits per heavy atom. The van der Waals surface area contributed by atoms with Crippen LogP contribution in [-0.4, -0.2) is 23.4 Å². The number of rotatable bonds is 5. The summed E-state index contributed by atoms with van der Waals surface area (Å²) < 4.78 is 42.7. The number of nitrogens with one attached hydrogen (secondary N) is 1. The van der Waals surface area contributed by atoms with Crippen LogP contribution in [0.3, 0.4) is 0 Å². The van der Waals surface area contributed by atoms with Crippen molar-refractivity contribution in [3.05, 3.63) is 57.6 Å². The number of ether oxygens (including phenoxy) is 1. The minimum absolute atomic E-state index is 0.0476. The lowest BCUT2D eigenvalue weighted by Crippen LogP contribution is -2.05. The van der Waals surface area contributed by atoms with Gasteiger partial charge in [-0.25, -0.2) is 0 Å². The standard InChI is InChI=1S/C15H12F3N3O4/c1-25-14-7-12(21(23)24)9(5-13(14)22)8-19-20-11-4-2-3-10(6-11)15(16,17)18/h2-8,20,22H,1H3. The van der Waals surface area contributed by atoms with Gasteiger partial charge in [0.25, 0.3) is 5.69 Å². The van der Waals surface area contributed by atoms with Gasteiger partial charge in [0.1, 0.15) is 0 Å². The number of nitro benzene ring substituents is 1. The Balaban J connectivity index is 2.25. The van der Waals surface area contributed by atoms with Crippen LogP contribution in [0.1, 0.15) is 11.1 Å². The molecule has 10 heteroatoms. The van der Waals surface area contributed by atoms with E-state index < -0.39 is 16.7 Å². The van der Waals surface area contributed by atoms with Crippen molar-refractivity contribution in [3.8, 4) is 11.5 Å². The van der Waals surface area contributed by atoms with Crippen molar-refractivity contribution in [2.24, 2.45) is 5.10 Å². The fourth-order valence-corrected chi connectivity index (χ4v) is 1.94. The second kappa shape index (κ2) is 7.07. The summed E-state index contributed by atoms with van der Waals surface area (Å²) in [4.78, 5) is 10.3. The molecule has 0 bridgehead atoms. The molecule has 0 spiro atoms. The van der Waals surface area contributed by atoms with Crippen LogP contribution in [0.5, 0.6) is 11.5 Å². The van der Waals surface area contributed by atoms with E-state index in [4.69, 9.17) is 4.74 Å². The van der Waals surface area contributed by atoms with Crippen molar-refractivity contribution in [2.75, 3.05) is 12.5 Å². The second-order valence-corrected chi connectivity index (χ2v) is 4.79. The quantitative estimate of drug-likeness (QED) is 0.483. The summed E-state index contributed by atoms with van der Waals surface area (Å²) in [5.74, 6) is -0.427. The number of aromatic hydroxyl groups is 1. The topological polar surface area (TPSA) is 97.0 Å². The van der Waals surface area contributed by atoms with Crippen molar-refractivity contribution < 1.29 is 27.9 Å². The predicted octanol–water partition coefficient (Wildman–Crippen LogP) is 3.77. The number of methoxy groups -OCH3 is 1. The molecule has 0 amide bonds. The highest BCUT2D eigenvalue weighted by Crippen LogP contribution is 2.33. The Morgan fingerprint density at radius 1 is 1.32 bits per heavy atom. The molecule has 2 N–H and O–H groups in total. The van der Waals surface area contributed by atoms with E-state index >= 15 is 0 Å².